The van der Waals surface area contributed by atoms with Gasteiger partial charge in [0, 0.05) is 12.8 Å². The summed E-state index contributed by atoms with van der Waals surface area (Å²) in [6.07, 6.45) is 103. The molecule has 0 aromatic heterocycles. The van der Waals surface area contributed by atoms with Crippen LogP contribution >= 0.6 is 7.82 Å². The first-order valence-corrected chi connectivity index (χ1v) is 37.7. The van der Waals surface area contributed by atoms with E-state index >= 15 is 0 Å². The van der Waals surface area contributed by atoms with Crippen molar-refractivity contribution in [2.45, 2.75) is 290 Å². The van der Waals surface area contributed by atoms with E-state index in [1.807, 2.05) is 21.1 Å². The second-order valence-corrected chi connectivity index (χ2v) is 26.2. The molecule has 512 valence electrons. The normalized spacial score (nSPS) is 14.1. The Kier molecular flexibility index (Phi) is 65.6. The van der Waals surface area contributed by atoms with E-state index in [-0.39, 0.29) is 32.0 Å². The summed E-state index contributed by atoms with van der Waals surface area (Å²) in [5, 5.41) is 0. The molecule has 9 nitrogen and oxygen atoms in total. The molecule has 0 bridgehead atoms. The first-order chi connectivity index (χ1) is 44.0. The molecule has 0 aliphatic heterocycles. The van der Waals surface area contributed by atoms with Crippen molar-refractivity contribution in [3.05, 3.63) is 158 Å². The van der Waals surface area contributed by atoms with E-state index in [9.17, 15) is 19.0 Å². The average Bonchev–Trinajstić information content (AvgIpc) is 3.58. The highest BCUT2D eigenvalue weighted by Gasteiger charge is 2.22. The number of carbonyl (C=O) groups is 2. The van der Waals surface area contributed by atoms with E-state index in [2.05, 4.69) is 172 Å². The summed E-state index contributed by atoms with van der Waals surface area (Å²) in [6, 6.07) is 0. The molecule has 0 radical (unpaired) electrons. The standard InChI is InChI=1S/C80H134NO8P/c1-6-8-10-12-14-16-18-20-22-24-26-28-30-32-34-36-37-38-39-40-41-42-43-45-47-49-51-53-55-57-59-61-63-65-67-69-71-73-80(83)89-78(77-88-90(84,85)87-75-74-81(3,4)5)76-86-79(82)72-70-68-66-64-62-60-58-56-54-52-50-48-46-44-35-33-31-29-27-25-23-21-19-17-15-13-11-9-7-2/h8-11,14-17,20-23,26-29,32,34,37-38,40-41,43,45,49,51,78H,6-7,12-13,18-19,24-25,30-31,33,35-36,39,42,44,46-48,50,52-77H2,1-5H3/b10-8-,11-9-,16-14-,17-15-,22-20-,23-21-,28-26-,29-27-,34-32-,38-37-,41-40-,45-43-,51-49-. The fourth-order valence-corrected chi connectivity index (χ4v) is 10.3. The molecular weight excluding hydrogens is 1130 g/mol. The van der Waals surface area contributed by atoms with E-state index in [1.54, 1.807) is 0 Å². The van der Waals surface area contributed by atoms with E-state index in [0.29, 0.717) is 17.4 Å². The lowest BCUT2D eigenvalue weighted by atomic mass is 10.0. The number of nitrogens with zero attached hydrogens (tertiary/aromatic N) is 1. The van der Waals surface area contributed by atoms with Gasteiger partial charge in [0.15, 0.2) is 6.10 Å². The van der Waals surface area contributed by atoms with E-state index in [0.717, 1.165) is 128 Å². The number of carbonyl (C=O) groups excluding carboxylic acids is 2. The monoisotopic (exact) mass is 1270 g/mol. The number of hydrogen-bond acceptors (Lipinski definition) is 8. The molecule has 0 aliphatic carbocycles. The van der Waals surface area contributed by atoms with Crippen molar-refractivity contribution in [3.63, 3.8) is 0 Å². The molecule has 0 spiro atoms. The molecule has 2 unspecified atom stereocenters. The van der Waals surface area contributed by atoms with Crippen LogP contribution in [0, 0.1) is 0 Å². The number of hydrogen-bond donors (Lipinski definition) is 0. The summed E-state index contributed by atoms with van der Waals surface area (Å²) in [4.78, 5) is 38.1. The number of ether oxygens (including phenoxy) is 2. The van der Waals surface area contributed by atoms with Gasteiger partial charge in [-0.2, -0.15) is 0 Å². The Bertz CT molecular complexity index is 2080. The van der Waals surface area contributed by atoms with E-state index < -0.39 is 26.5 Å². The van der Waals surface area contributed by atoms with Crippen LogP contribution in [0.4, 0.5) is 0 Å². The van der Waals surface area contributed by atoms with Gasteiger partial charge in [-0.05, 0) is 122 Å². The van der Waals surface area contributed by atoms with Crippen LogP contribution in [0.15, 0.2) is 158 Å². The Hall–Kier alpha value is -4.37. The molecular formula is C80H134NO8P. The molecule has 0 aromatic rings. The lowest BCUT2D eigenvalue weighted by Crippen LogP contribution is -2.37. The molecule has 0 aromatic carbocycles. The third kappa shape index (κ3) is 72.7. The average molecular weight is 1270 g/mol. The highest BCUT2D eigenvalue weighted by Crippen LogP contribution is 2.38. The Labute approximate surface area is 554 Å². The van der Waals surface area contributed by atoms with Gasteiger partial charge in [0.05, 0.1) is 27.7 Å². The molecule has 0 amide bonds. The minimum atomic E-state index is -4.65. The molecule has 10 heteroatoms. The molecule has 0 fully saturated rings. The number of esters is 2. The van der Waals surface area contributed by atoms with Crippen molar-refractivity contribution in [1.29, 1.82) is 0 Å². The van der Waals surface area contributed by atoms with Gasteiger partial charge in [0.2, 0.25) is 0 Å². The van der Waals surface area contributed by atoms with Gasteiger partial charge in [0.1, 0.15) is 19.8 Å². The second-order valence-electron chi connectivity index (χ2n) is 24.8. The molecule has 0 aliphatic rings. The third-order valence-corrected chi connectivity index (χ3v) is 16.0. The Morgan fingerprint density at radius 3 is 0.889 bits per heavy atom. The minimum absolute atomic E-state index is 0.0387. The summed E-state index contributed by atoms with van der Waals surface area (Å²) in [6.45, 7) is 4.01. The largest absolute Gasteiger partial charge is 0.756 e. The third-order valence-electron chi connectivity index (χ3n) is 15.0. The first kappa shape index (κ1) is 85.6. The van der Waals surface area contributed by atoms with Gasteiger partial charge >= 0.3 is 11.9 Å². The number of unbranched alkanes of at least 4 members (excludes halogenated alkanes) is 25. The van der Waals surface area contributed by atoms with Gasteiger partial charge in [-0.15, -0.1) is 0 Å². The zero-order valence-corrected chi connectivity index (χ0v) is 59.2. The number of rotatable bonds is 65. The van der Waals surface area contributed by atoms with Gasteiger partial charge in [0.25, 0.3) is 7.82 Å². The van der Waals surface area contributed by atoms with E-state index in [1.165, 1.54) is 122 Å². The van der Waals surface area contributed by atoms with Crippen molar-refractivity contribution in [2.75, 3.05) is 47.5 Å². The minimum Gasteiger partial charge on any atom is -0.756 e. The molecule has 0 saturated carbocycles. The molecule has 0 rings (SSSR count). The maximum Gasteiger partial charge on any atom is 0.306 e. The topological polar surface area (TPSA) is 111 Å². The highest BCUT2D eigenvalue weighted by molar-refractivity contribution is 7.45. The van der Waals surface area contributed by atoms with Gasteiger partial charge in [-0.1, -0.05) is 307 Å². The Morgan fingerprint density at radius 1 is 0.344 bits per heavy atom. The van der Waals surface area contributed by atoms with Gasteiger partial charge < -0.3 is 27.9 Å². The smallest absolute Gasteiger partial charge is 0.306 e. The number of allylic oxidation sites excluding steroid dienone is 26. The number of likely N-dealkylation sites (N-methyl/N-ethyl adjacent to an activating group) is 1. The fourth-order valence-electron chi connectivity index (χ4n) is 9.58. The van der Waals surface area contributed by atoms with Crippen LogP contribution < -0.4 is 4.89 Å². The maximum atomic E-state index is 12.9. The molecule has 0 heterocycles. The first-order valence-electron chi connectivity index (χ1n) is 36.2. The lowest BCUT2D eigenvalue weighted by molar-refractivity contribution is -0.870. The van der Waals surface area contributed by atoms with Crippen LogP contribution in [-0.4, -0.2) is 70.0 Å². The van der Waals surface area contributed by atoms with Crippen molar-refractivity contribution < 1.29 is 42.1 Å². The van der Waals surface area contributed by atoms with Crippen LogP contribution in [-0.2, 0) is 32.7 Å². The number of phosphoric acid groups is 1. The number of quaternary nitrogens is 1. The highest BCUT2D eigenvalue weighted by atomic mass is 31.2. The van der Waals surface area contributed by atoms with E-state index in [4.69, 9.17) is 18.5 Å². The van der Waals surface area contributed by atoms with Crippen molar-refractivity contribution in [2.24, 2.45) is 0 Å². The van der Waals surface area contributed by atoms with Gasteiger partial charge in [-0.3, -0.25) is 14.2 Å². The summed E-state index contributed by atoms with van der Waals surface area (Å²) >= 11 is 0. The molecule has 0 saturated heterocycles. The predicted molar refractivity (Wildman–Crippen MR) is 387 cm³/mol. The lowest BCUT2D eigenvalue weighted by Gasteiger charge is -2.28. The Morgan fingerprint density at radius 2 is 0.600 bits per heavy atom. The van der Waals surface area contributed by atoms with Crippen LogP contribution in [0.2, 0.25) is 0 Å². The molecule has 0 N–H and O–H groups in total. The SMILES string of the molecule is CC/C=C\C/C=C\C/C=C\C/C=C\C/C=C\C/C=C\C/C=C\C/C=C\C/C=C\CCCCCCCCCCCC(=O)OC(COC(=O)CCCCCCCCCCCCCCCCCC/C=C\C/C=C\C/C=C\C/C=C\CC)COP(=O)([O-])OCC[N+](C)(C)C. The van der Waals surface area contributed by atoms with Crippen LogP contribution in [0.5, 0.6) is 0 Å². The zero-order valence-electron chi connectivity index (χ0n) is 58.3. The van der Waals surface area contributed by atoms with Crippen LogP contribution in [0.3, 0.4) is 0 Å². The number of phosphoric ester groups is 1. The fraction of sp³-hybridized carbons (Fsp3) is 0.650. The maximum absolute atomic E-state index is 12.9. The van der Waals surface area contributed by atoms with Crippen molar-refractivity contribution in [3.8, 4) is 0 Å². The zero-order chi connectivity index (χ0) is 65.5. The summed E-state index contributed by atoms with van der Waals surface area (Å²) in [7, 11) is 1.15. The van der Waals surface area contributed by atoms with Crippen molar-refractivity contribution in [1.82, 2.24) is 0 Å². The molecule has 90 heavy (non-hydrogen) atoms. The van der Waals surface area contributed by atoms with Crippen LogP contribution in [0.25, 0.3) is 0 Å². The van der Waals surface area contributed by atoms with Crippen LogP contribution in [0.1, 0.15) is 284 Å². The summed E-state index contributed by atoms with van der Waals surface area (Å²) in [5.41, 5.74) is 0. The second kappa shape index (κ2) is 69.0. The van der Waals surface area contributed by atoms with Crippen molar-refractivity contribution >= 4 is 19.8 Å². The summed E-state index contributed by atoms with van der Waals surface area (Å²) in [5.74, 6) is -0.843. The summed E-state index contributed by atoms with van der Waals surface area (Å²) < 4.78 is 34.3. The van der Waals surface area contributed by atoms with Gasteiger partial charge in [-0.25, -0.2) is 0 Å². The predicted octanol–water partition coefficient (Wildman–Crippen LogP) is 23.3. The Balaban J connectivity index is 4.09. The quantitative estimate of drug-likeness (QED) is 0.0195. The molecule has 2 atom stereocenters.